The van der Waals surface area contributed by atoms with Crippen LogP contribution in [0.2, 0.25) is 0 Å². The van der Waals surface area contributed by atoms with Crippen molar-refractivity contribution in [3.63, 3.8) is 0 Å². The molecule has 2 rings (SSSR count). The van der Waals surface area contributed by atoms with Crippen LogP contribution in [0, 0.1) is 11.8 Å². The molecular weight excluding hydrogens is 240 g/mol. The van der Waals surface area contributed by atoms with Crippen molar-refractivity contribution in [1.29, 1.82) is 0 Å². The van der Waals surface area contributed by atoms with Gasteiger partial charge in [-0.3, -0.25) is 0 Å². The van der Waals surface area contributed by atoms with Crippen LogP contribution in [-0.4, -0.2) is 49.1 Å². The fraction of sp³-hybridized carbons (Fsp3) is 1.00. The minimum Gasteiger partial charge on any atom is -0.315 e. The Bertz CT molecular complexity index is 247. The second-order valence-electron chi connectivity index (χ2n) is 6.05. The van der Waals surface area contributed by atoms with E-state index in [1.54, 1.807) is 0 Å². The van der Waals surface area contributed by atoms with Gasteiger partial charge in [0.05, 0.1) is 0 Å². The number of nitrogens with zero attached hydrogens (tertiary/aromatic N) is 1. The van der Waals surface area contributed by atoms with Gasteiger partial charge in [0.1, 0.15) is 0 Å². The largest absolute Gasteiger partial charge is 0.315 e. The van der Waals surface area contributed by atoms with Gasteiger partial charge in [-0.2, -0.15) is 11.8 Å². The number of hydrogen-bond acceptors (Lipinski definition) is 3. The van der Waals surface area contributed by atoms with Gasteiger partial charge in [-0.15, -0.1) is 0 Å². The van der Waals surface area contributed by atoms with E-state index < -0.39 is 0 Å². The monoisotopic (exact) mass is 270 g/mol. The molecule has 1 aliphatic heterocycles. The van der Waals surface area contributed by atoms with Crippen molar-refractivity contribution in [3.05, 3.63) is 0 Å². The fourth-order valence-electron chi connectivity index (χ4n) is 3.99. The lowest BCUT2D eigenvalue weighted by Gasteiger charge is -2.45. The molecular formula is C15H30N2S. The minimum atomic E-state index is 0.702. The normalized spacial score (nSPS) is 36.5. The van der Waals surface area contributed by atoms with E-state index in [4.69, 9.17) is 0 Å². The maximum atomic E-state index is 3.68. The zero-order chi connectivity index (χ0) is 13.0. The van der Waals surface area contributed by atoms with Crippen LogP contribution in [0.25, 0.3) is 0 Å². The van der Waals surface area contributed by atoms with Gasteiger partial charge in [0.2, 0.25) is 0 Å². The summed E-state index contributed by atoms with van der Waals surface area (Å²) in [7, 11) is 4.50. The van der Waals surface area contributed by atoms with Crippen molar-refractivity contribution in [3.8, 4) is 0 Å². The third-order valence-electron chi connectivity index (χ3n) is 5.14. The molecule has 4 unspecified atom stereocenters. The number of hydrogen-bond donors (Lipinski definition) is 1. The van der Waals surface area contributed by atoms with Crippen molar-refractivity contribution in [2.75, 3.05) is 32.1 Å². The highest BCUT2D eigenvalue weighted by molar-refractivity contribution is 7.99. The predicted molar refractivity (Wildman–Crippen MR) is 82.3 cm³/mol. The first-order valence-electron chi connectivity index (χ1n) is 7.73. The van der Waals surface area contributed by atoms with Gasteiger partial charge < -0.3 is 10.2 Å². The molecule has 0 spiro atoms. The summed E-state index contributed by atoms with van der Waals surface area (Å²) in [6, 6.07) is 1.44. The maximum absolute atomic E-state index is 3.68. The van der Waals surface area contributed by atoms with Crippen molar-refractivity contribution in [2.24, 2.45) is 11.8 Å². The van der Waals surface area contributed by atoms with Gasteiger partial charge in [-0.05, 0) is 32.4 Å². The summed E-state index contributed by atoms with van der Waals surface area (Å²) in [5.41, 5.74) is 0. The van der Waals surface area contributed by atoms with Crippen LogP contribution in [0.1, 0.15) is 39.0 Å². The van der Waals surface area contributed by atoms with Crippen LogP contribution in [0.15, 0.2) is 0 Å². The van der Waals surface area contributed by atoms with E-state index in [-0.39, 0.29) is 0 Å². The summed E-state index contributed by atoms with van der Waals surface area (Å²) in [6.07, 6.45) is 7.18. The highest BCUT2D eigenvalue weighted by atomic mass is 32.2. The molecule has 0 aromatic rings. The summed E-state index contributed by atoms with van der Waals surface area (Å²) < 4.78 is 0. The second-order valence-corrected chi connectivity index (χ2v) is 7.20. The molecule has 106 valence electrons. The standard InChI is InChI=1S/C15H30N2S/c1-4-12-7-5-6-8-13(12)15(16-2)14-11-18-10-9-17(14)3/h12-16H,4-11H2,1-3H3. The first-order valence-corrected chi connectivity index (χ1v) is 8.88. The molecule has 1 N–H and O–H groups in total. The van der Waals surface area contributed by atoms with Gasteiger partial charge in [-0.25, -0.2) is 0 Å². The predicted octanol–water partition coefficient (Wildman–Crippen LogP) is 2.84. The molecule has 0 aromatic heterocycles. The third-order valence-corrected chi connectivity index (χ3v) is 6.19. The Kier molecular flexibility index (Phi) is 5.84. The van der Waals surface area contributed by atoms with Crippen molar-refractivity contribution >= 4 is 11.8 Å². The molecule has 0 bridgehead atoms. The number of nitrogens with one attached hydrogen (secondary N) is 1. The van der Waals surface area contributed by atoms with Gasteiger partial charge >= 0.3 is 0 Å². The van der Waals surface area contributed by atoms with E-state index in [0.29, 0.717) is 6.04 Å². The maximum Gasteiger partial charge on any atom is 0.0339 e. The Hall–Kier alpha value is 0.270. The summed E-state index contributed by atoms with van der Waals surface area (Å²) in [5.74, 6) is 4.48. The average Bonchev–Trinajstić information content (AvgIpc) is 2.42. The second kappa shape index (κ2) is 7.16. The Morgan fingerprint density at radius 1 is 1.33 bits per heavy atom. The summed E-state index contributed by atoms with van der Waals surface area (Å²) in [4.78, 5) is 2.60. The lowest BCUT2D eigenvalue weighted by atomic mass is 9.72. The summed E-state index contributed by atoms with van der Waals surface area (Å²) in [5, 5.41) is 3.68. The highest BCUT2D eigenvalue weighted by Crippen LogP contribution is 2.37. The van der Waals surface area contributed by atoms with E-state index in [9.17, 15) is 0 Å². The average molecular weight is 270 g/mol. The van der Waals surface area contributed by atoms with Gasteiger partial charge in [0.15, 0.2) is 0 Å². The molecule has 1 aliphatic carbocycles. The third kappa shape index (κ3) is 3.23. The Morgan fingerprint density at radius 2 is 2.11 bits per heavy atom. The van der Waals surface area contributed by atoms with Gasteiger partial charge in [0, 0.05) is 30.1 Å². The first-order chi connectivity index (χ1) is 8.77. The zero-order valence-electron chi connectivity index (χ0n) is 12.3. The van der Waals surface area contributed by atoms with E-state index in [2.05, 4.69) is 43.0 Å². The Balaban J connectivity index is 2.05. The lowest BCUT2D eigenvalue weighted by molar-refractivity contribution is 0.113. The summed E-state index contributed by atoms with van der Waals surface area (Å²) >= 11 is 2.14. The van der Waals surface area contributed by atoms with Crippen molar-refractivity contribution in [1.82, 2.24) is 10.2 Å². The molecule has 1 heterocycles. The quantitative estimate of drug-likeness (QED) is 0.846. The molecule has 4 atom stereocenters. The molecule has 2 fully saturated rings. The minimum absolute atomic E-state index is 0.702. The van der Waals surface area contributed by atoms with E-state index in [0.717, 1.165) is 17.9 Å². The van der Waals surface area contributed by atoms with E-state index in [1.807, 2.05) is 0 Å². The van der Waals surface area contributed by atoms with Crippen LogP contribution in [0.3, 0.4) is 0 Å². The molecule has 3 heteroatoms. The molecule has 2 nitrogen and oxygen atoms in total. The fourth-order valence-corrected chi connectivity index (χ4v) is 5.28. The van der Waals surface area contributed by atoms with Crippen molar-refractivity contribution in [2.45, 2.75) is 51.1 Å². The van der Waals surface area contributed by atoms with Crippen LogP contribution in [0.5, 0.6) is 0 Å². The van der Waals surface area contributed by atoms with Gasteiger partial charge in [0.25, 0.3) is 0 Å². The molecule has 0 aromatic carbocycles. The van der Waals surface area contributed by atoms with Gasteiger partial charge in [-0.1, -0.05) is 32.6 Å². The molecule has 2 aliphatic rings. The van der Waals surface area contributed by atoms with E-state index >= 15 is 0 Å². The van der Waals surface area contributed by atoms with Crippen molar-refractivity contribution < 1.29 is 0 Å². The molecule has 0 radical (unpaired) electrons. The summed E-state index contributed by atoms with van der Waals surface area (Å²) in [6.45, 7) is 3.64. The smallest absolute Gasteiger partial charge is 0.0339 e. The van der Waals surface area contributed by atoms with Crippen LogP contribution >= 0.6 is 11.8 Å². The Labute approximate surface area is 117 Å². The molecule has 0 amide bonds. The van der Waals surface area contributed by atoms with Crippen LogP contribution in [0.4, 0.5) is 0 Å². The SMILES string of the molecule is CCC1CCCCC1C(NC)C1CSCCN1C. The highest BCUT2D eigenvalue weighted by Gasteiger charge is 2.37. The molecule has 1 saturated carbocycles. The zero-order valence-corrected chi connectivity index (χ0v) is 13.1. The number of rotatable bonds is 4. The van der Waals surface area contributed by atoms with Crippen LogP contribution in [-0.2, 0) is 0 Å². The lowest BCUT2D eigenvalue weighted by Crippen LogP contribution is -2.56. The Morgan fingerprint density at radius 3 is 2.78 bits per heavy atom. The molecule has 18 heavy (non-hydrogen) atoms. The molecule has 1 saturated heterocycles. The first kappa shape index (κ1) is 14.7. The van der Waals surface area contributed by atoms with Crippen LogP contribution < -0.4 is 5.32 Å². The topological polar surface area (TPSA) is 15.3 Å². The number of likely N-dealkylation sites (N-methyl/N-ethyl adjacent to an activating group) is 2. The number of thioether (sulfide) groups is 1. The van der Waals surface area contributed by atoms with E-state index in [1.165, 1.54) is 50.2 Å².